The van der Waals surface area contributed by atoms with E-state index in [0.717, 1.165) is 36.9 Å². The van der Waals surface area contributed by atoms with Crippen LogP contribution in [0.25, 0.3) is 0 Å². The summed E-state index contributed by atoms with van der Waals surface area (Å²) in [5, 5.41) is 0. The summed E-state index contributed by atoms with van der Waals surface area (Å²) in [6.07, 6.45) is 2.83. The highest BCUT2D eigenvalue weighted by Gasteiger charge is 2.39. The minimum atomic E-state index is -0.119. The number of rotatable bonds is 5. The van der Waals surface area contributed by atoms with Crippen LogP contribution in [0, 0.1) is 12.8 Å². The molecular weight excluding hydrogens is 404 g/mol. The number of ether oxygens (including phenoxy) is 2. The second-order valence-electron chi connectivity index (χ2n) is 9.01. The molecule has 168 valence electrons. The molecule has 0 bridgehead atoms. The Labute approximate surface area is 189 Å². The van der Waals surface area contributed by atoms with Crippen LogP contribution in [0.1, 0.15) is 41.1 Å². The van der Waals surface area contributed by atoms with Crippen molar-refractivity contribution < 1.29 is 19.1 Å². The first-order chi connectivity index (χ1) is 15.6. The van der Waals surface area contributed by atoms with E-state index in [1.54, 1.807) is 4.90 Å². The maximum atomic E-state index is 13.1. The fourth-order valence-corrected chi connectivity index (χ4v) is 4.64. The molecule has 1 atom stereocenters. The van der Waals surface area contributed by atoms with Crippen molar-refractivity contribution in [2.45, 2.75) is 32.2 Å². The number of carbonyl (C=O) groups excluding carboxylic acids is 2. The molecule has 6 nitrogen and oxygen atoms in total. The van der Waals surface area contributed by atoms with Crippen LogP contribution in [0.3, 0.4) is 0 Å². The summed E-state index contributed by atoms with van der Waals surface area (Å²) in [7, 11) is 0. The predicted molar refractivity (Wildman–Crippen MR) is 120 cm³/mol. The lowest BCUT2D eigenvalue weighted by molar-refractivity contribution is -0.137. The van der Waals surface area contributed by atoms with Gasteiger partial charge in [0.05, 0.1) is 19.3 Å². The van der Waals surface area contributed by atoms with E-state index in [4.69, 9.17) is 9.47 Å². The molecule has 0 spiro atoms. The second-order valence-corrected chi connectivity index (χ2v) is 9.01. The Bertz CT molecular complexity index is 993. The molecule has 2 aromatic carbocycles. The number of benzene rings is 2. The maximum absolute atomic E-state index is 13.1. The number of hydrogen-bond donors (Lipinski definition) is 0. The Balaban J connectivity index is 1.40. The van der Waals surface area contributed by atoms with Crippen molar-refractivity contribution in [3.8, 4) is 5.75 Å². The van der Waals surface area contributed by atoms with Gasteiger partial charge in [-0.1, -0.05) is 35.9 Å². The van der Waals surface area contributed by atoms with Gasteiger partial charge in [0.2, 0.25) is 5.91 Å². The highest BCUT2D eigenvalue weighted by atomic mass is 16.5. The number of hydrogen-bond acceptors (Lipinski definition) is 4. The van der Waals surface area contributed by atoms with E-state index in [0.29, 0.717) is 32.1 Å². The van der Waals surface area contributed by atoms with Gasteiger partial charge in [-0.05, 0) is 55.0 Å². The van der Waals surface area contributed by atoms with Crippen molar-refractivity contribution in [2.75, 3.05) is 39.5 Å². The topological polar surface area (TPSA) is 59.1 Å². The van der Waals surface area contributed by atoms with E-state index in [-0.39, 0.29) is 30.4 Å². The molecule has 0 N–H and O–H groups in total. The van der Waals surface area contributed by atoms with Gasteiger partial charge >= 0.3 is 0 Å². The average molecular weight is 435 g/mol. The van der Waals surface area contributed by atoms with Crippen molar-refractivity contribution in [1.82, 2.24) is 9.80 Å². The van der Waals surface area contributed by atoms with Crippen molar-refractivity contribution in [1.29, 1.82) is 0 Å². The van der Waals surface area contributed by atoms with Crippen molar-refractivity contribution in [2.24, 2.45) is 5.92 Å². The zero-order chi connectivity index (χ0) is 22.1. The van der Waals surface area contributed by atoms with E-state index in [1.165, 1.54) is 11.1 Å². The molecule has 2 fully saturated rings. The Kier molecular flexibility index (Phi) is 5.87. The van der Waals surface area contributed by atoms with Gasteiger partial charge in [-0.3, -0.25) is 9.59 Å². The van der Waals surface area contributed by atoms with E-state index >= 15 is 0 Å². The summed E-state index contributed by atoms with van der Waals surface area (Å²) in [6, 6.07) is 14.4. The molecule has 6 heteroatoms. The summed E-state index contributed by atoms with van der Waals surface area (Å²) in [5.74, 6) is 1.08. The molecule has 32 heavy (non-hydrogen) atoms. The summed E-state index contributed by atoms with van der Waals surface area (Å²) in [5.41, 5.74) is 4.66. The summed E-state index contributed by atoms with van der Waals surface area (Å²) in [4.78, 5) is 29.5. The minimum absolute atomic E-state index is 0.0126. The van der Waals surface area contributed by atoms with Gasteiger partial charge in [0.1, 0.15) is 5.75 Å². The van der Waals surface area contributed by atoms with Gasteiger partial charge in [0, 0.05) is 25.6 Å². The zero-order valence-electron chi connectivity index (χ0n) is 18.6. The number of nitrogens with zero attached hydrogens (tertiary/aromatic N) is 2. The number of carbonyl (C=O) groups is 2. The van der Waals surface area contributed by atoms with E-state index in [9.17, 15) is 9.59 Å². The lowest BCUT2D eigenvalue weighted by Crippen LogP contribution is -2.43. The van der Waals surface area contributed by atoms with E-state index < -0.39 is 0 Å². The third-order valence-electron chi connectivity index (χ3n) is 6.67. The van der Waals surface area contributed by atoms with Gasteiger partial charge < -0.3 is 19.3 Å². The lowest BCUT2D eigenvalue weighted by Gasteiger charge is -2.38. The average Bonchev–Trinajstić information content (AvgIpc) is 3.68. The molecular formula is C26H30N2O4. The molecule has 1 unspecified atom stereocenters. The SMILES string of the molecule is Cc1ccc(C2c3cc(OCC(=O)N4CCOCC4)ccc3CCN2C(=O)C2CC2)cc1. The number of amides is 2. The number of morpholine rings is 1. The first-order valence-electron chi connectivity index (χ1n) is 11.6. The van der Waals surface area contributed by atoms with E-state index in [2.05, 4.69) is 37.3 Å². The van der Waals surface area contributed by atoms with Gasteiger partial charge in [-0.25, -0.2) is 0 Å². The standard InChI is InChI=1S/C26H30N2O4/c1-18-2-4-20(5-3-18)25-23-16-22(32-17-24(29)27-12-14-31-15-13-27)9-8-19(23)10-11-28(25)26(30)21-6-7-21/h2-5,8-9,16,21,25H,6-7,10-15,17H2,1H3. The molecule has 0 radical (unpaired) electrons. The van der Waals surface area contributed by atoms with Crippen LogP contribution in [0.4, 0.5) is 0 Å². The fourth-order valence-electron chi connectivity index (χ4n) is 4.64. The Morgan fingerprint density at radius 1 is 1.03 bits per heavy atom. The highest BCUT2D eigenvalue weighted by molar-refractivity contribution is 5.82. The van der Waals surface area contributed by atoms with Crippen molar-refractivity contribution >= 4 is 11.8 Å². The second kappa shape index (κ2) is 8.94. The first-order valence-corrected chi connectivity index (χ1v) is 11.6. The summed E-state index contributed by atoms with van der Waals surface area (Å²) >= 11 is 0. The zero-order valence-corrected chi connectivity index (χ0v) is 18.6. The third kappa shape index (κ3) is 4.37. The molecule has 3 aliphatic rings. The van der Waals surface area contributed by atoms with Crippen LogP contribution < -0.4 is 4.74 Å². The smallest absolute Gasteiger partial charge is 0.260 e. The first kappa shape index (κ1) is 21.0. The Morgan fingerprint density at radius 3 is 2.50 bits per heavy atom. The molecule has 1 aliphatic carbocycles. The number of aryl methyl sites for hydroxylation is 1. The predicted octanol–water partition coefficient (Wildman–Crippen LogP) is 3.12. The fraction of sp³-hybridized carbons (Fsp3) is 0.462. The monoisotopic (exact) mass is 434 g/mol. The van der Waals surface area contributed by atoms with Gasteiger partial charge in [-0.2, -0.15) is 0 Å². The molecule has 2 aromatic rings. The van der Waals surface area contributed by atoms with Crippen LogP contribution in [0.2, 0.25) is 0 Å². The van der Waals surface area contributed by atoms with Crippen LogP contribution in [0.5, 0.6) is 5.75 Å². The number of fused-ring (bicyclic) bond motifs is 1. The van der Waals surface area contributed by atoms with Crippen LogP contribution >= 0.6 is 0 Å². The molecule has 1 saturated heterocycles. The maximum Gasteiger partial charge on any atom is 0.260 e. The molecule has 2 aliphatic heterocycles. The minimum Gasteiger partial charge on any atom is -0.484 e. The molecule has 1 saturated carbocycles. The van der Waals surface area contributed by atoms with Gasteiger partial charge in [-0.15, -0.1) is 0 Å². The van der Waals surface area contributed by atoms with Crippen molar-refractivity contribution in [3.05, 3.63) is 64.7 Å². The molecule has 5 rings (SSSR count). The largest absolute Gasteiger partial charge is 0.484 e. The van der Waals surface area contributed by atoms with Crippen molar-refractivity contribution in [3.63, 3.8) is 0 Å². The lowest BCUT2D eigenvalue weighted by atomic mass is 9.87. The van der Waals surface area contributed by atoms with Gasteiger partial charge in [0.15, 0.2) is 6.61 Å². The van der Waals surface area contributed by atoms with Crippen LogP contribution in [-0.2, 0) is 20.7 Å². The molecule has 2 heterocycles. The quantitative estimate of drug-likeness (QED) is 0.726. The van der Waals surface area contributed by atoms with Gasteiger partial charge in [0.25, 0.3) is 5.91 Å². The third-order valence-corrected chi connectivity index (χ3v) is 6.67. The van der Waals surface area contributed by atoms with Crippen LogP contribution in [-0.4, -0.2) is 61.1 Å². The Morgan fingerprint density at radius 2 is 1.78 bits per heavy atom. The highest BCUT2D eigenvalue weighted by Crippen LogP contribution is 2.41. The summed E-state index contributed by atoms with van der Waals surface area (Å²) in [6.45, 7) is 5.19. The summed E-state index contributed by atoms with van der Waals surface area (Å²) < 4.78 is 11.2. The molecule has 0 aromatic heterocycles. The normalized spacial score (nSPS) is 20.6. The molecule has 2 amide bonds. The Hall–Kier alpha value is -2.86. The van der Waals surface area contributed by atoms with Crippen LogP contribution in [0.15, 0.2) is 42.5 Å². The van der Waals surface area contributed by atoms with E-state index in [1.807, 2.05) is 17.0 Å².